The van der Waals surface area contributed by atoms with Crippen LogP contribution in [0.5, 0.6) is 5.75 Å². The van der Waals surface area contributed by atoms with Gasteiger partial charge in [0.1, 0.15) is 11.8 Å². The van der Waals surface area contributed by atoms with Gasteiger partial charge in [-0.25, -0.2) is 5.43 Å². The first kappa shape index (κ1) is 19.8. The van der Waals surface area contributed by atoms with Crippen molar-refractivity contribution in [2.45, 2.75) is 45.8 Å². The average Bonchev–Trinajstić information content (AvgIpc) is 3.14. The predicted octanol–water partition coefficient (Wildman–Crippen LogP) is 4.49. The molecular formula is C23H26ClN3O2. The van der Waals surface area contributed by atoms with Gasteiger partial charge in [0.2, 0.25) is 0 Å². The Morgan fingerprint density at radius 3 is 2.76 bits per heavy atom. The monoisotopic (exact) mass is 411 g/mol. The van der Waals surface area contributed by atoms with Gasteiger partial charge in [0.25, 0.3) is 5.91 Å². The van der Waals surface area contributed by atoms with Crippen LogP contribution in [-0.4, -0.2) is 28.5 Å². The fourth-order valence-corrected chi connectivity index (χ4v) is 4.19. The van der Waals surface area contributed by atoms with E-state index in [1.54, 1.807) is 0 Å². The van der Waals surface area contributed by atoms with E-state index in [4.69, 9.17) is 16.3 Å². The molecule has 4 rings (SSSR count). The number of hydrogen-bond donors (Lipinski definition) is 1. The third kappa shape index (κ3) is 3.98. The molecule has 1 amide bonds. The van der Waals surface area contributed by atoms with Crippen LogP contribution >= 0.6 is 11.6 Å². The number of carbonyl (C=O) groups excluding carboxylic acids is 1. The SMILES string of the molecule is CCOc1ccc(C2CC3C(=O)N(Cc4cc(C)ccc4C)C=CN3N2)cc1Cl. The minimum atomic E-state index is -0.222. The number of hydrazine groups is 1. The molecule has 1 N–H and O–H groups in total. The summed E-state index contributed by atoms with van der Waals surface area (Å²) >= 11 is 6.35. The van der Waals surface area contributed by atoms with Crippen LogP contribution in [0.4, 0.5) is 0 Å². The number of carbonyl (C=O) groups is 1. The maximum Gasteiger partial charge on any atom is 0.251 e. The van der Waals surface area contributed by atoms with Gasteiger partial charge in [0.05, 0.1) is 24.2 Å². The highest BCUT2D eigenvalue weighted by Crippen LogP contribution is 2.35. The van der Waals surface area contributed by atoms with Gasteiger partial charge in [-0.3, -0.25) is 4.79 Å². The van der Waals surface area contributed by atoms with Crippen molar-refractivity contribution in [3.63, 3.8) is 0 Å². The number of amides is 1. The molecule has 2 aliphatic rings. The summed E-state index contributed by atoms with van der Waals surface area (Å²) in [5.74, 6) is 0.796. The quantitative estimate of drug-likeness (QED) is 0.787. The second-order valence-electron chi connectivity index (χ2n) is 7.66. The molecule has 0 spiro atoms. The Morgan fingerprint density at radius 1 is 1.17 bits per heavy atom. The molecule has 2 unspecified atom stereocenters. The molecule has 1 fully saturated rings. The van der Waals surface area contributed by atoms with Crippen LogP contribution in [0.25, 0.3) is 0 Å². The third-order valence-electron chi connectivity index (χ3n) is 5.58. The second kappa shape index (κ2) is 8.09. The molecule has 2 aromatic rings. The lowest BCUT2D eigenvalue weighted by molar-refractivity contribution is -0.134. The smallest absolute Gasteiger partial charge is 0.251 e. The van der Waals surface area contributed by atoms with Gasteiger partial charge in [0, 0.05) is 12.4 Å². The van der Waals surface area contributed by atoms with E-state index in [0.717, 1.165) is 5.56 Å². The summed E-state index contributed by atoms with van der Waals surface area (Å²) in [6.45, 7) is 7.26. The van der Waals surface area contributed by atoms with Crippen molar-refractivity contribution in [2.24, 2.45) is 0 Å². The number of rotatable bonds is 5. The number of fused-ring (bicyclic) bond motifs is 1. The Kier molecular flexibility index (Phi) is 5.52. The highest BCUT2D eigenvalue weighted by molar-refractivity contribution is 6.32. The van der Waals surface area contributed by atoms with Crippen LogP contribution in [0.2, 0.25) is 5.02 Å². The van der Waals surface area contributed by atoms with Crippen LogP contribution in [-0.2, 0) is 11.3 Å². The van der Waals surface area contributed by atoms with Crippen LogP contribution in [0, 0.1) is 13.8 Å². The lowest BCUT2D eigenvalue weighted by atomic mass is 10.00. The van der Waals surface area contributed by atoms with Crippen molar-refractivity contribution in [3.8, 4) is 5.75 Å². The molecule has 152 valence electrons. The topological polar surface area (TPSA) is 44.8 Å². The third-order valence-corrected chi connectivity index (χ3v) is 5.87. The molecular weight excluding hydrogens is 386 g/mol. The molecule has 6 heteroatoms. The zero-order chi connectivity index (χ0) is 20.5. The number of hydrogen-bond acceptors (Lipinski definition) is 4. The summed E-state index contributed by atoms with van der Waals surface area (Å²) in [6, 6.07) is 12.0. The van der Waals surface area contributed by atoms with Gasteiger partial charge in [-0.2, -0.15) is 0 Å². The van der Waals surface area contributed by atoms with Crippen LogP contribution in [0.1, 0.15) is 41.6 Å². The molecule has 0 radical (unpaired) electrons. The predicted molar refractivity (Wildman–Crippen MR) is 114 cm³/mol. The fraction of sp³-hybridized carbons (Fsp3) is 0.348. The molecule has 0 saturated carbocycles. The average molecular weight is 412 g/mol. The molecule has 0 bridgehead atoms. The normalized spacial score (nSPS) is 20.9. The first-order valence-corrected chi connectivity index (χ1v) is 10.4. The van der Waals surface area contributed by atoms with E-state index in [9.17, 15) is 4.79 Å². The van der Waals surface area contributed by atoms with Crippen molar-refractivity contribution in [1.29, 1.82) is 0 Å². The first-order chi connectivity index (χ1) is 14.0. The number of aryl methyl sites for hydroxylation is 2. The molecule has 5 nitrogen and oxygen atoms in total. The summed E-state index contributed by atoms with van der Waals surface area (Å²) in [7, 11) is 0. The Hall–Kier alpha value is -2.50. The molecule has 2 aromatic carbocycles. The number of nitrogens with one attached hydrogen (secondary N) is 1. The highest BCUT2D eigenvalue weighted by atomic mass is 35.5. The van der Waals surface area contributed by atoms with Crippen LogP contribution in [0.15, 0.2) is 48.8 Å². The van der Waals surface area contributed by atoms with E-state index in [1.165, 1.54) is 16.7 Å². The zero-order valence-electron chi connectivity index (χ0n) is 17.0. The van der Waals surface area contributed by atoms with Gasteiger partial charge >= 0.3 is 0 Å². The largest absolute Gasteiger partial charge is 0.492 e. The molecule has 2 heterocycles. The molecule has 0 aliphatic carbocycles. The fourth-order valence-electron chi connectivity index (χ4n) is 3.95. The number of ether oxygens (including phenoxy) is 1. The molecule has 0 aromatic heterocycles. The highest BCUT2D eigenvalue weighted by Gasteiger charge is 2.40. The summed E-state index contributed by atoms with van der Waals surface area (Å²) < 4.78 is 5.52. The summed E-state index contributed by atoms with van der Waals surface area (Å²) in [4.78, 5) is 15.0. The first-order valence-electron chi connectivity index (χ1n) is 9.98. The standard InChI is InChI=1S/C23H26ClN3O2/c1-4-29-22-8-7-17(12-19(22)24)20-13-21-23(28)26(9-10-27(21)25-20)14-18-11-15(2)5-6-16(18)3/h5-12,20-21,25H,4,13-14H2,1-3H3. The zero-order valence-corrected chi connectivity index (χ0v) is 17.7. The lowest BCUT2D eigenvalue weighted by Gasteiger charge is -2.32. The molecule has 2 aliphatic heterocycles. The Bertz CT molecular complexity index is 959. The second-order valence-corrected chi connectivity index (χ2v) is 8.06. The number of halogens is 1. The van der Waals surface area contributed by atoms with Crippen LogP contribution in [0.3, 0.4) is 0 Å². The number of benzene rings is 2. The lowest BCUT2D eigenvalue weighted by Crippen LogP contribution is -2.47. The maximum atomic E-state index is 13.1. The molecule has 29 heavy (non-hydrogen) atoms. The van der Waals surface area contributed by atoms with Crippen molar-refractivity contribution >= 4 is 17.5 Å². The number of nitrogens with zero attached hydrogens (tertiary/aromatic N) is 2. The van der Waals surface area contributed by atoms with Gasteiger partial charge in [-0.1, -0.05) is 41.4 Å². The van der Waals surface area contributed by atoms with Gasteiger partial charge in [-0.05, 0) is 56.0 Å². The summed E-state index contributed by atoms with van der Waals surface area (Å²) in [6.07, 6.45) is 4.51. The molecule has 1 saturated heterocycles. The van der Waals surface area contributed by atoms with E-state index < -0.39 is 0 Å². The van der Waals surface area contributed by atoms with Crippen LogP contribution < -0.4 is 10.2 Å². The van der Waals surface area contributed by atoms with E-state index in [1.807, 2.05) is 47.4 Å². The Morgan fingerprint density at radius 2 is 2.00 bits per heavy atom. The van der Waals surface area contributed by atoms with Crippen molar-refractivity contribution in [2.75, 3.05) is 6.61 Å². The Labute approximate surface area is 176 Å². The van der Waals surface area contributed by atoms with Crippen molar-refractivity contribution < 1.29 is 9.53 Å². The Balaban J connectivity index is 1.48. The van der Waals surface area contributed by atoms with Crippen molar-refractivity contribution in [1.82, 2.24) is 15.3 Å². The summed E-state index contributed by atoms with van der Waals surface area (Å²) in [5.41, 5.74) is 8.06. The summed E-state index contributed by atoms with van der Waals surface area (Å²) in [5, 5.41) is 2.51. The van der Waals surface area contributed by atoms with E-state index >= 15 is 0 Å². The van der Waals surface area contributed by atoms with Crippen molar-refractivity contribution in [3.05, 3.63) is 76.1 Å². The minimum Gasteiger partial charge on any atom is -0.492 e. The van der Waals surface area contributed by atoms with Gasteiger partial charge in [0.15, 0.2) is 0 Å². The van der Waals surface area contributed by atoms with E-state index in [0.29, 0.717) is 30.3 Å². The van der Waals surface area contributed by atoms with Gasteiger partial charge < -0.3 is 14.6 Å². The van der Waals surface area contributed by atoms with Gasteiger partial charge in [-0.15, -0.1) is 0 Å². The van der Waals surface area contributed by atoms with E-state index in [-0.39, 0.29) is 18.0 Å². The minimum absolute atomic E-state index is 0.0300. The maximum absolute atomic E-state index is 13.1. The van der Waals surface area contributed by atoms with E-state index in [2.05, 4.69) is 37.5 Å². The molecule has 2 atom stereocenters.